The van der Waals surface area contributed by atoms with E-state index < -0.39 is 43.6 Å². The van der Waals surface area contributed by atoms with Crippen molar-refractivity contribution in [3.05, 3.63) is 0 Å². The molecule has 1 fully saturated rings. The third-order valence-electron chi connectivity index (χ3n) is 4.28. The summed E-state index contributed by atoms with van der Waals surface area (Å²) in [4.78, 5) is 10.7. The summed E-state index contributed by atoms with van der Waals surface area (Å²) in [5, 5.41) is 12.3. The van der Waals surface area contributed by atoms with E-state index >= 15 is 0 Å². The summed E-state index contributed by atoms with van der Waals surface area (Å²) in [5.74, 6) is -2.93. The van der Waals surface area contributed by atoms with E-state index in [1.165, 1.54) is 6.92 Å². The number of hydrogen-bond donors (Lipinski definition) is 3. The Hall–Kier alpha value is -1.24. The molecule has 3 atom stereocenters. The predicted octanol–water partition coefficient (Wildman–Crippen LogP) is -0.950. The van der Waals surface area contributed by atoms with E-state index in [1.54, 1.807) is 6.92 Å². The van der Waals surface area contributed by atoms with Crippen LogP contribution in [0.15, 0.2) is 5.10 Å². The lowest BCUT2D eigenvalue weighted by Gasteiger charge is -2.23. The van der Waals surface area contributed by atoms with Crippen molar-refractivity contribution in [1.82, 2.24) is 5.43 Å². The molecule has 0 aliphatic carbocycles. The van der Waals surface area contributed by atoms with Crippen molar-refractivity contribution in [2.24, 2.45) is 16.9 Å². The monoisotopic (exact) mass is 414 g/mol. The first-order valence-electron chi connectivity index (χ1n) is 8.11. The summed E-state index contributed by atoms with van der Waals surface area (Å²) in [5.41, 5.74) is 2.32. The van der Waals surface area contributed by atoms with Gasteiger partial charge in [0.2, 0.25) is 0 Å². The Labute approximate surface area is 154 Å². The third-order valence-corrected chi connectivity index (χ3v) is 7.08. The number of aliphatic carboxylic acids is 1. The number of nitrogens with one attached hydrogen (secondary N) is 1. The van der Waals surface area contributed by atoms with E-state index in [4.69, 9.17) is 9.66 Å². The number of hydrazone groups is 1. The predicted molar refractivity (Wildman–Crippen MR) is 97.2 cm³/mol. The molecular formula is C14H28N3O7S2+. The molecule has 1 heterocycles. The third kappa shape index (κ3) is 7.98. The van der Waals surface area contributed by atoms with Crippen LogP contribution in [0.5, 0.6) is 0 Å². The minimum atomic E-state index is -4.19. The normalized spacial score (nSPS) is 25.0. The van der Waals surface area contributed by atoms with Crippen molar-refractivity contribution in [3.8, 4) is 0 Å². The molecule has 0 amide bonds. The molecule has 1 aliphatic rings. The topological polar surface area (TPSA) is 150 Å². The molecule has 0 saturated carbocycles. The Morgan fingerprint density at radius 2 is 1.69 bits per heavy atom. The molecule has 0 bridgehead atoms. The summed E-state index contributed by atoms with van der Waals surface area (Å²) in [6.07, 6.45) is 0. The largest absolute Gasteiger partial charge is 0.477 e. The van der Waals surface area contributed by atoms with Gasteiger partial charge in [0.05, 0.1) is 50.5 Å². The van der Waals surface area contributed by atoms with Crippen molar-refractivity contribution in [1.29, 1.82) is 0 Å². The lowest BCUT2D eigenvalue weighted by atomic mass is 10.0. The Balaban J connectivity index is 2.77. The van der Waals surface area contributed by atoms with Crippen LogP contribution >= 0.6 is 0 Å². The molecular weight excluding hydrogens is 386 g/mol. The Morgan fingerprint density at radius 3 is 2.15 bits per heavy atom. The maximum absolute atomic E-state index is 12.5. The molecule has 0 radical (unpaired) electrons. The van der Waals surface area contributed by atoms with Crippen molar-refractivity contribution in [3.63, 3.8) is 0 Å². The van der Waals surface area contributed by atoms with Gasteiger partial charge in [-0.2, -0.15) is 13.5 Å². The fourth-order valence-electron chi connectivity index (χ4n) is 3.36. The van der Waals surface area contributed by atoms with Crippen molar-refractivity contribution < 1.29 is 35.8 Å². The zero-order valence-corrected chi connectivity index (χ0v) is 17.0. The second kappa shape index (κ2) is 8.19. The van der Waals surface area contributed by atoms with Crippen LogP contribution in [0, 0.1) is 11.8 Å². The first kappa shape index (κ1) is 22.8. The lowest BCUT2D eigenvalue weighted by Crippen LogP contribution is -2.38. The summed E-state index contributed by atoms with van der Waals surface area (Å²) in [6.45, 7) is 3.82. The maximum Gasteiger partial charge on any atom is 0.351 e. The van der Waals surface area contributed by atoms with Gasteiger partial charge >= 0.3 is 5.97 Å². The lowest BCUT2D eigenvalue weighted by molar-refractivity contribution is -0.880. The van der Waals surface area contributed by atoms with E-state index in [9.17, 15) is 21.6 Å². The smallest absolute Gasteiger partial charge is 0.351 e. The van der Waals surface area contributed by atoms with Gasteiger partial charge in [0.1, 0.15) is 5.71 Å². The molecule has 0 unspecified atom stereocenters. The van der Waals surface area contributed by atoms with Gasteiger partial charge in [-0.1, -0.05) is 0 Å². The quantitative estimate of drug-likeness (QED) is 0.189. The average molecular weight is 415 g/mol. The van der Waals surface area contributed by atoms with E-state index in [0.29, 0.717) is 17.6 Å². The molecule has 0 aromatic carbocycles. The van der Waals surface area contributed by atoms with Crippen LogP contribution in [-0.2, 0) is 24.7 Å². The van der Waals surface area contributed by atoms with Crippen LogP contribution in [0.4, 0.5) is 0 Å². The number of carboxylic acid groups (broad SMARTS) is 1. The number of carbonyl (C=O) groups is 1. The summed E-state index contributed by atoms with van der Waals surface area (Å²) >= 11 is 0. The van der Waals surface area contributed by atoms with E-state index in [1.807, 2.05) is 14.1 Å². The number of rotatable bonds is 9. The number of sulfone groups is 1. The van der Waals surface area contributed by atoms with Gasteiger partial charge in [-0.05, 0) is 13.8 Å². The molecule has 26 heavy (non-hydrogen) atoms. The van der Waals surface area contributed by atoms with Gasteiger partial charge in [0.15, 0.2) is 9.84 Å². The summed E-state index contributed by atoms with van der Waals surface area (Å²) in [6, 6.07) is -0.599. The standard InChI is InChI=1S/C14H27N3O7S2/c1-10(15-16-11(2)14(18)19)7-25(20,21)8-12-5-17(3,4)6-13(12)9-26(22,23)24/h10,12-13,15H,5-9H2,1-4H3,(H-,18,19,22,23,24)/p+1/b16-11-/t10-,12+,13-/m1/s1. The fraction of sp³-hybridized carbons (Fsp3) is 0.857. The fourth-order valence-corrected chi connectivity index (χ4v) is 6.28. The first-order valence-corrected chi connectivity index (χ1v) is 11.5. The number of carboxylic acids is 1. The van der Waals surface area contributed by atoms with E-state index in [-0.39, 0.29) is 23.1 Å². The Morgan fingerprint density at radius 1 is 1.19 bits per heavy atom. The minimum absolute atomic E-state index is 0.183. The highest BCUT2D eigenvalue weighted by Crippen LogP contribution is 2.29. The van der Waals surface area contributed by atoms with Gasteiger partial charge in [-0.15, -0.1) is 0 Å². The second-order valence-electron chi connectivity index (χ2n) is 7.68. The van der Waals surface area contributed by atoms with Crippen LogP contribution in [0.1, 0.15) is 13.8 Å². The number of quaternary nitrogens is 1. The Kier molecular flexibility index (Phi) is 7.18. The maximum atomic E-state index is 12.5. The summed E-state index contributed by atoms with van der Waals surface area (Å²) in [7, 11) is -3.95. The zero-order chi connectivity index (χ0) is 20.3. The van der Waals surface area contributed by atoms with Crippen LogP contribution in [0.3, 0.4) is 0 Å². The molecule has 1 saturated heterocycles. The van der Waals surface area contributed by atoms with Crippen LogP contribution in [0.25, 0.3) is 0 Å². The molecule has 12 heteroatoms. The molecule has 3 N–H and O–H groups in total. The molecule has 0 aromatic rings. The molecule has 152 valence electrons. The van der Waals surface area contributed by atoms with Crippen molar-refractivity contribution in [2.75, 3.05) is 44.4 Å². The van der Waals surface area contributed by atoms with E-state index in [0.717, 1.165) is 0 Å². The van der Waals surface area contributed by atoms with Crippen LogP contribution in [-0.4, -0.2) is 93.1 Å². The highest BCUT2D eigenvalue weighted by atomic mass is 32.2. The average Bonchev–Trinajstić information content (AvgIpc) is 2.66. The number of likely N-dealkylation sites (tertiary alicyclic amines) is 1. The van der Waals surface area contributed by atoms with Gasteiger partial charge in [0.25, 0.3) is 10.1 Å². The van der Waals surface area contributed by atoms with E-state index in [2.05, 4.69) is 10.5 Å². The summed E-state index contributed by atoms with van der Waals surface area (Å²) < 4.78 is 57.0. The van der Waals surface area contributed by atoms with Crippen LogP contribution in [0.2, 0.25) is 0 Å². The highest BCUT2D eigenvalue weighted by Gasteiger charge is 2.44. The van der Waals surface area contributed by atoms with Gasteiger partial charge in [0, 0.05) is 11.8 Å². The highest BCUT2D eigenvalue weighted by molar-refractivity contribution is 7.91. The van der Waals surface area contributed by atoms with Crippen molar-refractivity contribution >= 4 is 31.6 Å². The number of hydrogen-bond acceptors (Lipinski definition) is 7. The minimum Gasteiger partial charge on any atom is -0.477 e. The SMILES string of the molecule is C/C(=N/N[C@H](C)CS(=O)(=O)C[C@@H]1C[N+](C)(C)C[C@@H]1CS(=O)(=O)O)C(=O)O. The van der Waals surface area contributed by atoms with Crippen molar-refractivity contribution in [2.45, 2.75) is 19.9 Å². The second-order valence-corrected chi connectivity index (χ2v) is 11.3. The first-order chi connectivity index (χ1) is 11.6. The molecule has 0 spiro atoms. The Bertz CT molecular complexity index is 759. The molecule has 1 aliphatic heterocycles. The molecule has 0 aromatic heterocycles. The number of nitrogens with zero attached hydrogens (tertiary/aromatic N) is 2. The zero-order valence-electron chi connectivity index (χ0n) is 15.4. The van der Waals surface area contributed by atoms with Gasteiger partial charge < -0.3 is 15.0 Å². The van der Waals surface area contributed by atoms with Gasteiger partial charge in [-0.25, -0.2) is 13.2 Å². The molecule has 1 rings (SSSR count). The van der Waals surface area contributed by atoms with Crippen LogP contribution < -0.4 is 5.43 Å². The molecule has 10 nitrogen and oxygen atoms in total. The van der Waals surface area contributed by atoms with Gasteiger partial charge in [-0.3, -0.25) is 4.55 Å².